The number of benzene rings is 1. The first-order valence-corrected chi connectivity index (χ1v) is 6.87. The number of ketones is 1. The van der Waals surface area contributed by atoms with Crippen LogP contribution in [0.25, 0.3) is 0 Å². The molecule has 3 nitrogen and oxygen atoms in total. The Balaban J connectivity index is 2.08. The normalized spacial score (nSPS) is 10.6. The van der Waals surface area contributed by atoms with Crippen LogP contribution in [-0.2, 0) is 0 Å². The van der Waals surface area contributed by atoms with Crippen LogP contribution >= 0.6 is 0 Å². The summed E-state index contributed by atoms with van der Waals surface area (Å²) in [6.07, 6.45) is 2.04. The van der Waals surface area contributed by atoms with E-state index in [0.717, 1.165) is 5.75 Å². The van der Waals surface area contributed by atoms with E-state index in [1.165, 1.54) is 5.56 Å². The van der Waals surface area contributed by atoms with Crippen molar-refractivity contribution in [2.24, 2.45) is 0 Å². The van der Waals surface area contributed by atoms with E-state index in [2.05, 4.69) is 31.0 Å². The first kappa shape index (κ1) is 14.3. The number of hydrogen-bond donors (Lipinski definition) is 0. The summed E-state index contributed by atoms with van der Waals surface area (Å²) in [5, 5.41) is 0. The molecule has 104 valence electrons. The van der Waals surface area contributed by atoms with Gasteiger partial charge in [0.05, 0.1) is 6.20 Å². The van der Waals surface area contributed by atoms with Gasteiger partial charge in [-0.2, -0.15) is 0 Å². The van der Waals surface area contributed by atoms with Crippen LogP contribution in [-0.4, -0.2) is 10.8 Å². The average Bonchev–Trinajstić information content (AvgIpc) is 2.48. The van der Waals surface area contributed by atoms with Crippen molar-refractivity contribution in [3.63, 3.8) is 0 Å². The Bertz CT molecular complexity index is 571. The number of hydrogen-bond acceptors (Lipinski definition) is 3. The number of Topliss-reactive ketones (excluding diaryl/α,β-unsaturated/α-hetero) is 1. The third-order valence-corrected chi connectivity index (χ3v) is 3.13. The van der Waals surface area contributed by atoms with Crippen LogP contribution in [0.3, 0.4) is 0 Å². The first-order chi connectivity index (χ1) is 9.60. The molecule has 0 fully saturated rings. The molecule has 0 atom stereocenters. The van der Waals surface area contributed by atoms with Gasteiger partial charge in [-0.05, 0) is 35.7 Å². The summed E-state index contributed by atoms with van der Waals surface area (Å²) in [7, 11) is 0. The topological polar surface area (TPSA) is 39.2 Å². The SMILES string of the molecule is CCC(=O)c1ccc(Oc2ccc(C(C)C)cc2)cn1. The van der Waals surface area contributed by atoms with E-state index in [0.29, 0.717) is 23.8 Å². The van der Waals surface area contributed by atoms with E-state index in [9.17, 15) is 4.79 Å². The maximum absolute atomic E-state index is 11.5. The minimum atomic E-state index is 0.0397. The lowest BCUT2D eigenvalue weighted by molar-refractivity contribution is 0.0983. The van der Waals surface area contributed by atoms with E-state index < -0.39 is 0 Å². The largest absolute Gasteiger partial charge is 0.456 e. The molecule has 0 amide bonds. The second kappa shape index (κ2) is 6.33. The molecule has 0 aliphatic heterocycles. The summed E-state index contributed by atoms with van der Waals surface area (Å²) in [5.74, 6) is 1.95. The molecular formula is C17H19NO2. The molecule has 20 heavy (non-hydrogen) atoms. The number of ether oxygens (including phenoxy) is 1. The number of carbonyl (C=O) groups is 1. The Morgan fingerprint density at radius 3 is 2.25 bits per heavy atom. The van der Waals surface area contributed by atoms with Crippen LogP contribution in [0.2, 0.25) is 0 Å². The summed E-state index contributed by atoms with van der Waals surface area (Å²) in [4.78, 5) is 15.6. The lowest BCUT2D eigenvalue weighted by Gasteiger charge is -2.08. The van der Waals surface area contributed by atoms with Crippen molar-refractivity contribution in [3.8, 4) is 11.5 Å². The van der Waals surface area contributed by atoms with E-state index in [1.807, 2.05) is 19.1 Å². The molecule has 0 N–H and O–H groups in total. The van der Waals surface area contributed by atoms with E-state index in [4.69, 9.17) is 4.74 Å². The van der Waals surface area contributed by atoms with Crippen LogP contribution in [0.15, 0.2) is 42.6 Å². The van der Waals surface area contributed by atoms with Gasteiger partial charge in [0.25, 0.3) is 0 Å². The number of carbonyl (C=O) groups excluding carboxylic acids is 1. The fraction of sp³-hybridized carbons (Fsp3) is 0.294. The molecule has 0 radical (unpaired) electrons. The molecule has 0 bridgehead atoms. The lowest BCUT2D eigenvalue weighted by Crippen LogP contribution is -1.99. The molecule has 0 saturated carbocycles. The fourth-order valence-electron chi connectivity index (χ4n) is 1.84. The summed E-state index contributed by atoms with van der Waals surface area (Å²) < 4.78 is 5.71. The highest BCUT2D eigenvalue weighted by molar-refractivity contribution is 5.93. The Hall–Kier alpha value is -2.16. The van der Waals surface area contributed by atoms with Crippen molar-refractivity contribution in [2.75, 3.05) is 0 Å². The molecule has 0 aliphatic rings. The summed E-state index contributed by atoms with van der Waals surface area (Å²) in [5.41, 5.74) is 1.76. The number of pyridine rings is 1. The Morgan fingerprint density at radius 1 is 1.10 bits per heavy atom. The van der Waals surface area contributed by atoms with Crippen molar-refractivity contribution in [1.29, 1.82) is 0 Å². The molecule has 1 aromatic heterocycles. The standard InChI is InChI=1S/C17H19NO2/c1-4-17(19)16-10-9-15(11-18-16)20-14-7-5-13(6-8-14)12(2)3/h5-12H,4H2,1-3H3. The lowest BCUT2D eigenvalue weighted by atomic mass is 10.0. The van der Waals surface area contributed by atoms with Gasteiger partial charge in [0, 0.05) is 6.42 Å². The van der Waals surface area contributed by atoms with Crippen molar-refractivity contribution in [1.82, 2.24) is 4.98 Å². The summed E-state index contributed by atoms with van der Waals surface area (Å²) in [6, 6.07) is 11.5. The number of nitrogens with zero attached hydrogens (tertiary/aromatic N) is 1. The Labute approximate surface area is 119 Å². The van der Waals surface area contributed by atoms with Gasteiger partial charge in [-0.25, -0.2) is 4.98 Å². The summed E-state index contributed by atoms with van der Waals surface area (Å²) >= 11 is 0. The monoisotopic (exact) mass is 269 g/mol. The van der Waals surface area contributed by atoms with Crippen LogP contribution in [0.5, 0.6) is 11.5 Å². The van der Waals surface area contributed by atoms with Gasteiger partial charge in [0.2, 0.25) is 0 Å². The molecule has 0 unspecified atom stereocenters. The summed E-state index contributed by atoms with van der Waals surface area (Å²) in [6.45, 7) is 6.14. The van der Waals surface area contributed by atoms with Gasteiger partial charge in [-0.1, -0.05) is 32.9 Å². The van der Waals surface area contributed by atoms with Crippen LogP contribution in [0.4, 0.5) is 0 Å². The van der Waals surface area contributed by atoms with Gasteiger partial charge in [0.15, 0.2) is 5.78 Å². The quantitative estimate of drug-likeness (QED) is 0.745. The molecule has 1 aromatic carbocycles. The number of aromatic nitrogens is 1. The van der Waals surface area contributed by atoms with Gasteiger partial charge in [0.1, 0.15) is 17.2 Å². The minimum Gasteiger partial charge on any atom is -0.456 e. The first-order valence-electron chi connectivity index (χ1n) is 6.87. The zero-order chi connectivity index (χ0) is 14.5. The third-order valence-electron chi connectivity index (χ3n) is 3.13. The maximum Gasteiger partial charge on any atom is 0.180 e. The zero-order valence-corrected chi connectivity index (χ0v) is 12.1. The molecule has 2 rings (SSSR count). The molecule has 3 heteroatoms. The Kier molecular flexibility index (Phi) is 4.51. The highest BCUT2D eigenvalue weighted by Crippen LogP contribution is 2.23. The van der Waals surface area contributed by atoms with Crippen molar-refractivity contribution >= 4 is 5.78 Å². The molecule has 1 heterocycles. The molecule has 2 aromatic rings. The zero-order valence-electron chi connectivity index (χ0n) is 12.1. The van der Waals surface area contributed by atoms with Gasteiger partial charge >= 0.3 is 0 Å². The predicted octanol–water partition coefficient (Wildman–Crippen LogP) is 4.59. The van der Waals surface area contributed by atoms with Crippen molar-refractivity contribution in [3.05, 3.63) is 53.9 Å². The minimum absolute atomic E-state index is 0.0397. The highest BCUT2D eigenvalue weighted by atomic mass is 16.5. The molecular weight excluding hydrogens is 250 g/mol. The highest BCUT2D eigenvalue weighted by Gasteiger charge is 2.05. The average molecular weight is 269 g/mol. The van der Waals surface area contributed by atoms with Gasteiger partial charge in [-0.3, -0.25) is 4.79 Å². The van der Waals surface area contributed by atoms with Gasteiger partial charge < -0.3 is 4.74 Å². The molecule has 0 spiro atoms. The second-order valence-corrected chi connectivity index (χ2v) is 4.98. The van der Waals surface area contributed by atoms with Crippen molar-refractivity contribution < 1.29 is 9.53 Å². The van der Waals surface area contributed by atoms with Crippen molar-refractivity contribution in [2.45, 2.75) is 33.1 Å². The molecule has 0 saturated heterocycles. The van der Waals surface area contributed by atoms with Gasteiger partial charge in [-0.15, -0.1) is 0 Å². The smallest absolute Gasteiger partial charge is 0.180 e. The molecule has 0 aliphatic carbocycles. The Morgan fingerprint density at radius 2 is 1.75 bits per heavy atom. The van der Waals surface area contributed by atoms with E-state index in [1.54, 1.807) is 18.3 Å². The number of rotatable bonds is 5. The second-order valence-electron chi connectivity index (χ2n) is 4.98. The fourth-order valence-corrected chi connectivity index (χ4v) is 1.84. The van der Waals surface area contributed by atoms with E-state index in [-0.39, 0.29) is 5.78 Å². The van der Waals surface area contributed by atoms with Crippen LogP contribution in [0.1, 0.15) is 49.2 Å². The predicted molar refractivity (Wildman–Crippen MR) is 79.5 cm³/mol. The van der Waals surface area contributed by atoms with E-state index >= 15 is 0 Å². The third kappa shape index (κ3) is 3.44. The maximum atomic E-state index is 11.5. The van der Waals surface area contributed by atoms with Crippen LogP contribution < -0.4 is 4.74 Å². The van der Waals surface area contributed by atoms with Crippen LogP contribution in [0, 0.1) is 0 Å².